The molecule has 3 aromatic heterocycles. The summed E-state index contributed by atoms with van der Waals surface area (Å²) >= 11 is 1.41. The number of thiazole rings is 1. The van der Waals surface area contributed by atoms with Crippen LogP contribution in [0.25, 0.3) is 42.7 Å². The van der Waals surface area contributed by atoms with E-state index in [2.05, 4.69) is 4.98 Å². The van der Waals surface area contributed by atoms with Gasteiger partial charge in [0.15, 0.2) is 5.58 Å². The molecular formula is C20H12N2O3S. The van der Waals surface area contributed by atoms with Gasteiger partial charge >= 0.3 is 5.63 Å². The molecule has 0 unspecified atom stereocenters. The number of hydrogen-bond acceptors (Lipinski definition) is 5. The third-order valence-electron chi connectivity index (χ3n) is 4.52. The van der Waals surface area contributed by atoms with Gasteiger partial charge in [0.2, 0.25) is 0 Å². The Morgan fingerprint density at radius 2 is 1.77 bits per heavy atom. The molecule has 5 nitrogen and oxygen atoms in total. The van der Waals surface area contributed by atoms with Crippen LogP contribution in [0.4, 0.5) is 0 Å². The van der Waals surface area contributed by atoms with Gasteiger partial charge < -0.3 is 8.98 Å². The van der Waals surface area contributed by atoms with Crippen molar-refractivity contribution < 1.29 is 4.42 Å². The van der Waals surface area contributed by atoms with Gasteiger partial charge in [-0.25, -0.2) is 9.78 Å². The molecule has 0 spiro atoms. The number of hydrogen-bond donors (Lipinski definition) is 0. The van der Waals surface area contributed by atoms with E-state index in [1.54, 1.807) is 17.7 Å². The third kappa shape index (κ3) is 2.06. The summed E-state index contributed by atoms with van der Waals surface area (Å²) in [5, 5.41) is 1.66. The molecule has 5 rings (SSSR count). The van der Waals surface area contributed by atoms with Crippen molar-refractivity contribution in [3.05, 3.63) is 75.4 Å². The molecule has 2 aromatic carbocycles. The van der Waals surface area contributed by atoms with Gasteiger partial charge in [-0.15, -0.1) is 11.3 Å². The van der Waals surface area contributed by atoms with E-state index >= 15 is 0 Å². The fraction of sp³-hybridized carbons (Fsp3) is 0.0500. The number of aryl methyl sites for hydroxylation is 1. The molecule has 0 radical (unpaired) electrons. The maximum atomic E-state index is 12.8. The van der Waals surface area contributed by atoms with E-state index in [0.717, 1.165) is 21.1 Å². The van der Waals surface area contributed by atoms with Crippen LogP contribution in [-0.4, -0.2) is 9.55 Å². The smallest absolute Gasteiger partial charge is 0.346 e. The van der Waals surface area contributed by atoms with Crippen molar-refractivity contribution in [2.75, 3.05) is 0 Å². The van der Waals surface area contributed by atoms with Gasteiger partial charge in [-0.3, -0.25) is 4.79 Å². The third-order valence-corrected chi connectivity index (χ3v) is 5.59. The van der Waals surface area contributed by atoms with E-state index in [0.29, 0.717) is 21.5 Å². The van der Waals surface area contributed by atoms with Gasteiger partial charge in [0, 0.05) is 12.4 Å². The Kier molecular flexibility index (Phi) is 3.11. The van der Waals surface area contributed by atoms with E-state index in [1.807, 2.05) is 48.5 Å². The van der Waals surface area contributed by atoms with Crippen molar-refractivity contribution in [2.45, 2.75) is 0 Å². The average Bonchev–Trinajstić information content (AvgIpc) is 3.09. The van der Waals surface area contributed by atoms with Crippen LogP contribution in [-0.2, 0) is 7.05 Å². The Morgan fingerprint density at radius 3 is 2.62 bits per heavy atom. The number of para-hydroxylation sites is 2. The van der Waals surface area contributed by atoms with E-state index in [9.17, 15) is 9.59 Å². The highest BCUT2D eigenvalue weighted by Gasteiger charge is 2.17. The largest absolute Gasteiger partial charge is 0.421 e. The quantitative estimate of drug-likeness (QED) is 0.425. The molecule has 0 bridgehead atoms. The predicted octanol–water partition coefficient (Wildman–Crippen LogP) is 3.92. The summed E-state index contributed by atoms with van der Waals surface area (Å²) in [6.45, 7) is 0. The second-order valence-corrected chi connectivity index (χ2v) is 7.09. The van der Waals surface area contributed by atoms with E-state index in [1.165, 1.54) is 11.3 Å². The standard InChI is InChI=1S/C20H12N2O3S/c1-22-15-8-4-2-6-11(15)17-12(19(22)23)10-13(20(24)25-17)18-21-14-7-3-5-9-16(14)26-18/h2-10H,1H3. The van der Waals surface area contributed by atoms with Crippen molar-refractivity contribution in [3.8, 4) is 10.6 Å². The maximum Gasteiger partial charge on any atom is 0.346 e. The zero-order valence-corrected chi connectivity index (χ0v) is 14.5. The SMILES string of the molecule is Cn1c(=O)c2cc(-c3nc4ccccc4s3)c(=O)oc2c2ccccc21. The van der Waals surface area contributed by atoms with E-state index in [-0.39, 0.29) is 5.56 Å². The molecule has 5 aromatic rings. The highest BCUT2D eigenvalue weighted by molar-refractivity contribution is 7.21. The molecule has 0 N–H and O–H groups in total. The lowest BCUT2D eigenvalue weighted by Crippen LogP contribution is -2.18. The van der Waals surface area contributed by atoms with Crippen LogP contribution >= 0.6 is 11.3 Å². The molecule has 0 amide bonds. The van der Waals surface area contributed by atoms with Crippen molar-refractivity contribution in [1.29, 1.82) is 0 Å². The molecule has 0 atom stereocenters. The number of fused-ring (bicyclic) bond motifs is 4. The van der Waals surface area contributed by atoms with E-state index in [4.69, 9.17) is 4.42 Å². The first-order valence-electron chi connectivity index (χ1n) is 8.05. The van der Waals surface area contributed by atoms with Crippen molar-refractivity contribution in [2.24, 2.45) is 7.05 Å². The van der Waals surface area contributed by atoms with Crippen LogP contribution in [0, 0.1) is 0 Å². The normalized spacial score (nSPS) is 11.6. The highest BCUT2D eigenvalue weighted by Crippen LogP contribution is 2.30. The number of nitrogens with zero attached hydrogens (tertiary/aromatic N) is 2. The topological polar surface area (TPSA) is 65.1 Å². The van der Waals surface area contributed by atoms with Crippen molar-refractivity contribution in [1.82, 2.24) is 9.55 Å². The zero-order chi connectivity index (χ0) is 17.8. The molecule has 0 aliphatic carbocycles. The molecule has 0 aliphatic heterocycles. The lowest BCUT2D eigenvalue weighted by molar-refractivity contribution is 0.565. The van der Waals surface area contributed by atoms with Crippen LogP contribution in [0.5, 0.6) is 0 Å². The molecule has 0 fully saturated rings. The van der Waals surface area contributed by atoms with Gasteiger partial charge in [0.1, 0.15) is 5.01 Å². The summed E-state index contributed by atoms with van der Waals surface area (Å²) in [4.78, 5) is 29.9. The molecule has 6 heteroatoms. The summed E-state index contributed by atoms with van der Waals surface area (Å²) in [6.07, 6.45) is 0. The Hall–Kier alpha value is -3.25. The van der Waals surface area contributed by atoms with E-state index < -0.39 is 5.63 Å². The molecule has 126 valence electrons. The minimum atomic E-state index is -0.491. The summed E-state index contributed by atoms with van der Waals surface area (Å²) < 4.78 is 8.14. The molecule has 0 saturated carbocycles. The van der Waals surface area contributed by atoms with Crippen LogP contribution < -0.4 is 11.2 Å². The van der Waals surface area contributed by atoms with Crippen LogP contribution in [0.3, 0.4) is 0 Å². The molecule has 26 heavy (non-hydrogen) atoms. The summed E-state index contributed by atoms with van der Waals surface area (Å²) in [7, 11) is 1.71. The monoisotopic (exact) mass is 360 g/mol. The van der Waals surface area contributed by atoms with Gasteiger partial charge in [-0.05, 0) is 30.3 Å². The second-order valence-electron chi connectivity index (χ2n) is 6.06. The Morgan fingerprint density at radius 1 is 1.00 bits per heavy atom. The number of rotatable bonds is 1. The summed E-state index contributed by atoms with van der Waals surface area (Å²) in [5.74, 6) is 0. The summed E-state index contributed by atoms with van der Waals surface area (Å²) in [5.41, 5.74) is 1.48. The number of aromatic nitrogens is 2. The van der Waals surface area contributed by atoms with Crippen molar-refractivity contribution in [3.63, 3.8) is 0 Å². The van der Waals surface area contributed by atoms with Crippen LogP contribution in [0.2, 0.25) is 0 Å². The molecule has 0 aliphatic rings. The fourth-order valence-electron chi connectivity index (χ4n) is 3.22. The minimum Gasteiger partial charge on any atom is -0.421 e. The Bertz CT molecular complexity index is 1410. The predicted molar refractivity (Wildman–Crippen MR) is 104 cm³/mol. The number of pyridine rings is 1. The maximum absolute atomic E-state index is 12.8. The summed E-state index contributed by atoms with van der Waals surface area (Å²) in [6, 6.07) is 16.7. The second kappa shape index (κ2) is 5.37. The first-order chi connectivity index (χ1) is 12.6. The average molecular weight is 360 g/mol. The molecule has 3 heterocycles. The van der Waals surface area contributed by atoms with Crippen LogP contribution in [0.15, 0.2) is 68.6 Å². The lowest BCUT2D eigenvalue weighted by Gasteiger charge is -2.08. The fourth-order valence-corrected chi connectivity index (χ4v) is 4.18. The van der Waals surface area contributed by atoms with Crippen LogP contribution in [0.1, 0.15) is 0 Å². The van der Waals surface area contributed by atoms with Gasteiger partial charge in [0.25, 0.3) is 5.56 Å². The highest BCUT2D eigenvalue weighted by atomic mass is 32.1. The lowest BCUT2D eigenvalue weighted by atomic mass is 10.1. The number of benzene rings is 2. The minimum absolute atomic E-state index is 0.204. The first-order valence-corrected chi connectivity index (χ1v) is 8.86. The zero-order valence-electron chi connectivity index (χ0n) is 13.7. The Labute approximate surface area is 150 Å². The molecule has 0 saturated heterocycles. The molecular weight excluding hydrogens is 348 g/mol. The van der Waals surface area contributed by atoms with Gasteiger partial charge in [-0.1, -0.05) is 24.3 Å². The Balaban J connectivity index is 1.90. The van der Waals surface area contributed by atoms with Gasteiger partial charge in [0.05, 0.1) is 26.7 Å². The first kappa shape index (κ1) is 15.0. The van der Waals surface area contributed by atoms with Gasteiger partial charge in [-0.2, -0.15) is 0 Å². The van der Waals surface area contributed by atoms with Crippen molar-refractivity contribution >= 4 is 43.4 Å².